The normalized spacial score (nSPS) is 12.0. The summed E-state index contributed by atoms with van der Waals surface area (Å²) in [6.45, 7) is 6.32. The maximum absolute atomic E-state index is 13.2. The lowest BCUT2D eigenvalue weighted by molar-refractivity contribution is -0.116. The molecule has 112 valence electrons. The average molecular weight is 290 g/mol. The molecule has 0 saturated carbocycles. The van der Waals surface area contributed by atoms with Gasteiger partial charge in [0.2, 0.25) is 5.91 Å². The van der Waals surface area contributed by atoms with E-state index >= 15 is 0 Å². The second kappa shape index (κ2) is 6.39. The number of carbonyl (C=O) groups excluding carboxylic acids is 1. The maximum atomic E-state index is 13.2. The van der Waals surface area contributed by atoms with Crippen LogP contribution in [0.3, 0.4) is 0 Å². The van der Waals surface area contributed by atoms with Crippen LogP contribution >= 0.6 is 0 Å². The number of anilines is 2. The molecule has 0 aliphatic rings. The largest absolute Gasteiger partial charge is 0.371 e. The molecule has 5 nitrogen and oxygen atoms in total. The monoisotopic (exact) mass is 290 g/mol. The van der Waals surface area contributed by atoms with Crippen LogP contribution < -0.4 is 10.6 Å². The van der Waals surface area contributed by atoms with Gasteiger partial charge >= 0.3 is 0 Å². The molecule has 2 aromatic rings. The number of aryl methyl sites for hydroxylation is 2. The Morgan fingerprint density at radius 2 is 2.24 bits per heavy atom. The molecule has 0 saturated heterocycles. The van der Waals surface area contributed by atoms with Crippen molar-refractivity contribution in [2.45, 2.75) is 33.4 Å². The van der Waals surface area contributed by atoms with E-state index < -0.39 is 6.04 Å². The van der Waals surface area contributed by atoms with E-state index in [9.17, 15) is 9.18 Å². The highest BCUT2D eigenvalue weighted by Gasteiger charge is 2.14. The van der Waals surface area contributed by atoms with Gasteiger partial charge in [-0.2, -0.15) is 5.10 Å². The Bertz CT molecular complexity index is 638. The molecule has 1 aromatic carbocycles. The first-order valence-corrected chi connectivity index (χ1v) is 6.85. The molecule has 1 aromatic heterocycles. The topological polar surface area (TPSA) is 59.0 Å². The minimum atomic E-state index is -0.456. The van der Waals surface area contributed by atoms with Crippen molar-refractivity contribution in [3.05, 3.63) is 42.0 Å². The van der Waals surface area contributed by atoms with E-state index in [1.807, 2.05) is 20.0 Å². The van der Waals surface area contributed by atoms with Crippen LogP contribution in [0.4, 0.5) is 15.8 Å². The van der Waals surface area contributed by atoms with Gasteiger partial charge in [0.05, 0.1) is 11.9 Å². The van der Waals surface area contributed by atoms with E-state index in [0.717, 1.165) is 17.8 Å². The Labute approximate surface area is 123 Å². The molecular weight excluding hydrogens is 271 g/mol. The molecule has 0 aliphatic heterocycles. The summed E-state index contributed by atoms with van der Waals surface area (Å²) in [4.78, 5) is 12.1. The predicted octanol–water partition coefficient (Wildman–Crippen LogP) is 2.79. The summed E-state index contributed by atoms with van der Waals surface area (Å²) < 4.78 is 15.0. The molecule has 0 fully saturated rings. The van der Waals surface area contributed by atoms with Crippen molar-refractivity contribution >= 4 is 17.3 Å². The number of rotatable bonds is 5. The third kappa shape index (κ3) is 3.81. The molecule has 1 amide bonds. The second-order valence-corrected chi connectivity index (χ2v) is 4.90. The van der Waals surface area contributed by atoms with E-state index in [1.165, 1.54) is 12.1 Å². The van der Waals surface area contributed by atoms with Crippen molar-refractivity contribution < 1.29 is 9.18 Å². The van der Waals surface area contributed by atoms with Crippen LogP contribution in [-0.4, -0.2) is 21.7 Å². The summed E-state index contributed by atoms with van der Waals surface area (Å²) in [5.74, 6) is -0.603. The lowest BCUT2D eigenvalue weighted by Gasteiger charge is -2.15. The van der Waals surface area contributed by atoms with Crippen LogP contribution in [0.1, 0.15) is 19.4 Å². The summed E-state index contributed by atoms with van der Waals surface area (Å²) >= 11 is 0. The van der Waals surface area contributed by atoms with Crippen molar-refractivity contribution in [1.82, 2.24) is 9.78 Å². The van der Waals surface area contributed by atoms with E-state index in [4.69, 9.17) is 0 Å². The molecule has 0 spiro atoms. The molecule has 0 radical (unpaired) electrons. The molecule has 1 heterocycles. The lowest BCUT2D eigenvalue weighted by Crippen LogP contribution is -2.32. The van der Waals surface area contributed by atoms with Gasteiger partial charge in [-0.1, -0.05) is 6.07 Å². The Morgan fingerprint density at radius 1 is 1.48 bits per heavy atom. The Balaban J connectivity index is 2.00. The van der Waals surface area contributed by atoms with Crippen LogP contribution in [0.25, 0.3) is 0 Å². The molecule has 0 unspecified atom stereocenters. The highest BCUT2D eigenvalue weighted by atomic mass is 19.1. The zero-order chi connectivity index (χ0) is 15.4. The molecule has 0 aliphatic carbocycles. The Kier molecular flexibility index (Phi) is 4.57. The average Bonchev–Trinajstić information content (AvgIpc) is 2.90. The van der Waals surface area contributed by atoms with Crippen molar-refractivity contribution in [2.75, 3.05) is 10.6 Å². The summed E-state index contributed by atoms with van der Waals surface area (Å²) in [5.41, 5.74) is 2.07. The summed E-state index contributed by atoms with van der Waals surface area (Å²) in [7, 11) is 0. The van der Waals surface area contributed by atoms with E-state index in [1.54, 1.807) is 23.9 Å². The zero-order valence-electron chi connectivity index (χ0n) is 12.4. The first-order chi connectivity index (χ1) is 9.99. The highest BCUT2D eigenvalue weighted by molar-refractivity contribution is 5.96. The minimum Gasteiger partial charge on any atom is -0.371 e. The first-order valence-electron chi connectivity index (χ1n) is 6.85. The fraction of sp³-hybridized carbons (Fsp3) is 0.333. The van der Waals surface area contributed by atoms with Gasteiger partial charge in [-0.05, 0) is 38.5 Å². The van der Waals surface area contributed by atoms with Gasteiger partial charge in [0.25, 0.3) is 0 Å². The third-order valence-electron chi connectivity index (χ3n) is 3.19. The number of benzene rings is 1. The van der Waals surface area contributed by atoms with Crippen LogP contribution in [0, 0.1) is 12.7 Å². The molecule has 0 bridgehead atoms. The summed E-state index contributed by atoms with van der Waals surface area (Å²) in [6.07, 6.45) is 3.50. The molecule has 2 N–H and O–H groups in total. The van der Waals surface area contributed by atoms with Gasteiger partial charge in [-0.15, -0.1) is 0 Å². The first kappa shape index (κ1) is 15.0. The second-order valence-electron chi connectivity index (χ2n) is 4.90. The smallest absolute Gasteiger partial charge is 0.246 e. The van der Waals surface area contributed by atoms with E-state index in [-0.39, 0.29) is 11.7 Å². The lowest BCUT2D eigenvalue weighted by atomic mass is 10.2. The summed E-state index contributed by atoms with van der Waals surface area (Å²) in [6, 6.07) is 3.86. The van der Waals surface area contributed by atoms with Crippen LogP contribution in [0.5, 0.6) is 0 Å². The van der Waals surface area contributed by atoms with Crippen molar-refractivity contribution in [3.63, 3.8) is 0 Å². The number of halogens is 1. The zero-order valence-corrected chi connectivity index (χ0v) is 12.4. The van der Waals surface area contributed by atoms with Crippen molar-refractivity contribution in [3.8, 4) is 0 Å². The van der Waals surface area contributed by atoms with Crippen LogP contribution in [0.15, 0.2) is 30.6 Å². The van der Waals surface area contributed by atoms with Gasteiger partial charge in [-0.25, -0.2) is 4.39 Å². The molecular formula is C15H19FN4O. The quantitative estimate of drug-likeness (QED) is 0.890. The van der Waals surface area contributed by atoms with Crippen LogP contribution in [0.2, 0.25) is 0 Å². The fourth-order valence-corrected chi connectivity index (χ4v) is 1.90. The number of carbonyl (C=O) groups is 1. The van der Waals surface area contributed by atoms with Gasteiger partial charge in [-0.3, -0.25) is 9.48 Å². The Hall–Kier alpha value is -2.37. The molecule has 1 atom stereocenters. The number of amides is 1. The molecule has 6 heteroatoms. The molecule has 21 heavy (non-hydrogen) atoms. The number of hydrogen-bond acceptors (Lipinski definition) is 3. The third-order valence-corrected chi connectivity index (χ3v) is 3.19. The van der Waals surface area contributed by atoms with Gasteiger partial charge in [0.15, 0.2) is 0 Å². The maximum Gasteiger partial charge on any atom is 0.246 e. The number of aromatic nitrogens is 2. The van der Waals surface area contributed by atoms with Gasteiger partial charge in [0, 0.05) is 18.4 Å². The Morgan fingerprint density at radius 3 is 2.90 bits per heavy atom. The van der Waals surface area contributed by atoms with Gasteiger partial charge in [0.1, 0.15) is 11.9 Å². The van der Waals surface area contributed by atoms with Crippen molar-refractivity contribution in [2.24, 2.45) is 0 Å². The van der Waals surface area contributed by atoms with Gasteiger partial charge < -0.3 is 10.6 Å². The number of nitrogens with zero attached hydrogens (tertiary/aromatic N) is 2. The number of hydrogen-bond donors (Lipinski definition) is 2. The molecule has 2 rings (SSSR count). The minimum absolute atomic E-state index is 0.229. The highest BCUT2D eigenvalue weighted by Crippen LogP contribution is 2.16. The number of nitrogens with one attached hydrogen (secondary N) is 2. The van der Waals surface area contributed by atoms with Crippen molar-refractivity contribution in [1.29, 1.82) is 0 Å². The van der Waals surface area contributed by atoms with E-state index in [2.05, 4.69) is 15.7 Å². The predicted molar refractivity (Wildman–Crippen MR) is 80.8 cm³/mol. The fourth-order valence-electron chi connectivity index (χ4n) is 1.90. The van der Waals surface area contributed by atoms with E-state index in [0.29, 0.717) is 5.69 Å². The standard InChI is InChI=1S/C15H19FN4O/c1-4-20-9-13(8-17-20)18-11(3)15(21)19-14-7-12(16)6-5-10(14)2/h5-9,11,18H,4H2,1-3H3,(H,19,21)/t11-/m0/s1. The van der Waals surface area contributed by atoms with Crippen LogP contribution in [-0.2, 0) is 11.3 Å². The summed E-state index contributed by atoms with van der Waals surface area (Å²) in [5, 5.41) is 9.91. The SMILES string of the molecule is CCn1cc(N[C@@H](C)C(=O)Nc2cc(F)ccc2C)cn1.